The van der Waals surface area contributed by atoms with Crippen molar-refractivity contribution in [2.75, 3.05) is 12.0 Å². The molecule has 0 unspecified atom stereocenters. The van der Waals surface area contributed by atoms with Crippen LogP contribution in [-0.2, 0) is 5.41 Å². The summed E-state index contributed by atoms with van der Waals surface area (Å²) in [5, 5.41) is 0. The minimum absolute atomic E-state index is 0.242. The maximum atomic E-state index is 5.51. The third kappa shape index (κ3) is 5.26. The van der Waals surface area contributed by atoms with Gasteiger partial charge < -0.3 is 9.64 Å². The molecule has 2 heteroatoms. The third-order valence-electron chi connectivity index (χ3n) is 9.80. The molecule has 0 aromatic heterocycles. The van der Waals surface area contributed by atoms with E-state index in [4.69, 9.17) is 4.74 Å². The summed E-state index contributed by atoms with van der Waals surface area (Å²) >= 11 is 0. The predicted molar refractivity (Wildman–Crippen MR) is 202 cm³/mol. The molecule has 1 aliphatic heterocycles. The molecule has 232 valence electrons. The number of methoxy groups -OCH3 is 1. The molecule has 1 heterocycles. The Bertz CT molecular complexity index is 2060. The van der Waals surface area contributed by atoms with Crippen molar-refractivity contribution >= 4 is 17.1 Å². The Kier molecular flexibility index (Phi) is 7.42. The van der Waals surface area contributed by atoms with Crippen LogP contribution in [-0.4, -0.2) is 7.11 Å². The number of hydrogen-bond donors (Lipinski definition) is 0. The summed E-state index contributed by atoms with van der Waals surface area (Å²) in [7, 11) is 1.71. The van der Waals surface area contributed by atoms with Crippen molar-refractivity contribution in [1.82, 2.24) is 0 Å². The van der Waals surface area contributed by atoms with E-state index >= 15 is 0 Å². The molecule has 0 atom stereocenters. The van der Waals surface area contributed by atoms with Gasteiger partial charge in [0.2, 0.25) is 0 Å². The fraction of sp³-hybridized carbons (Fsp3) is 0.0870. The fourth-order valence-corrected chi connectivity index (χ4v) is 7.08. The average molecular weight is 620 g/mol. The summed E-state index contributed by atoms with van der Waals surface area (Å²) < 4.78 is 5.51. The standard InChI is InChI=1S/C46H37NO/c1-46(2)42-30-38(36-18-14-34(15-19-36)32-10-6-4-7-11-32)22-28-44(42)47(40-24-26-41(48-3)27-25-40)45-29-23-39(31-43(45)46)37-20-16-35(17-21-37)33-12-8-5-9-13-33/h4-31H,1-3H3. The van der Waals surface area contributed by atoms with Crippen LogP contribution in [0.1, 0.15) is 25.0 Å². The lowest BCUT2D eigenvalue weighted by molar-refractivity contribution is 0.415. The van der Waals surface area contributed by atoms with Crippen LogP contribution in [0.3, 0.4) is 0 Å². The van der Waals surface area contributed by atoms with Crippen LogP contribution in [0.4, 0.5) is 17.1 Å². The quantitative estimate of drug-likeness (QED) is 0.184. The number of anilines is 3. The van der Waals surface area contributed by atoms with E-state index in [0.29, 0.717) is 0 Å². The highest BCUT2D eigenvalue weighted by Gasteiger charge is 2.37. The average Bonchev–Trinajstić information content (AvgIpc) is 3.16. The van der Waals surface area contributed by atoms with Gasteiger partial charge in [-0.3, -0.25) is 0 Å². The van der Waals surface area contributed by atoms with Crippen LogP contribution in [0, 0.1) is 0 Å². The zero-order valence-corrected chi connectivity index (χ0v) is 27.5. The highest BCUT2D eigenvalue weighted by atomic mass is 16.5. The fourth-order valence-electron chi connectivity index (χ4n) is 7.08. The Morgan fingerprint density at radius 3 is 1.15 bits per heavy atom. The predicted octanol–water partition coefficient (Wildman–Crippen LogP) is 12.5. The van der Waals surface area contributed by atoms with Crippen molar-refractivity contribution in [3.63, 3.8) is 0 Å². The van der Waals surface area contributed by atoms with Crippen molar-refractivity contribution in [3.05, 3.63) is 181 Å². The van der Waals surface area contributed by atoms with Crippen molar-refractivity contribution in [2.24, 2.45) is 0 Å². The third-order valence-corrected chi connectivity index (χ3v) is 9.80. The first kappa shape index (κ1) is 29.5. The highest BCUT2D eigenvalue weighted by Crippen LogP contribution is 2.53. The molecular formula is C46H37NO. The second kappa shape index (κ2) is 12.1. The molecule has 0 bridgehead atoms. The maximum absolute atomic E-state index is 5.51. The smallest absolute Gasteiger partial charge is 0.119 e. The van der Waals surface area contributed by atoms with Gasteiger partial charge in [-0.15, -0.1) is 0 Å². The number of nitrogens with zero attached hydrogens (tertiary/aromatic N) is 1. The summed E-state index contributed by atoms with van der Waals surface area (Å²) in [6.07, 6.45) is 0. The van der Waals surface area contributed by atoms with Crippen molar-refractivity contribution in [3.8, 4) is 50.3 Å². The molecule has 0 N–H and O–H groups in total. The lowest BCUT2D eigenvalue weighted by Crippen LogP contribution is -2.30. The van der Waals surface area contributed by atoms with Crippen LogP contribution in [0.2, 0.25) is 0 Å². The molecule has 8 rings (SSSR count). The van der Waals surface area contributed by atoms with Gasteiger partial charge in [-0.2, -0.15) is 0 Å². The normalized spacial score (nSPS) is 13.0. The first-order valence-corrected chi connectivity index (χ1v) is 16.5. The summed E-state index contributed by atoms with van der Waals surface area (Å²) in [6, 6.07) is 61.3. The maximum Gasteiger partial charge on any atom is 0.119 e. The van der Waals surface area contributed by atoms with Crippen LogP contribution >= 0.6 is 0 Å². The molecular weight excluding hydrogens is 583 g/mol. The van der Waals surface area contributed by atoms with Gasteiger partial charge in [0.15, 0.2) is 0 Å². The van der Waals surface area contributed by atoms with E-state index in [1.807, 2.05) is 12.1 Å². The van der Waals surface area contributed by atoms with E-state index < -0.39 is 0 Å². The van der Waals surface area contributed by atoms with E-state index in [1.54, 1.807) is 7.11 Å². The molecule has 0 saturated carbocycles. The number of hydrogen-bond acceptors (Lipinski definition) is 2. The summed E-state index contributed by atoms with van der Waals surface area (Å²) in [4.78, 5) is 2.40. The molecule has 0 radical (unpaired) electrons. The Labute approximate surface area is 283 Å². The van der Waals surface area contributed by atoms with Crippen molar-refractivity contribution < 1.29 is 4.74 Å². The Morgan fingerprint density at radius 1 is 0.396 bits per heavy atom. The van der Waals surface area contributed by atoms with Crippen molar-refractivity contribution in [2.45, 2.75) is 19.3 Å². The lowest BCUT2D eigenvalue weighted by Gasteiger charge is -2.42. The van der Waals surface area contributed by atoms with Gasteiger partial charge in [0.1, 0.15) is 5.75 Å². The number of fused-ring (bicyclic) bond motifs is 2. The van der Waals surface area contributed by atoms with Crippen LogP contribution in [0.25, 0.3) is 44.5 Å². The minimum atomic E-state index is -0.242. The highest BCUT2D eigenvalue weighted by molar-refractivity contribution is 5.89. The first-order chi connectivity index (χ1) is 23.5. The van der Waals surface area contributed by atoms with Crippen molar-refractivity contribution in [1.29, 1.82) is 0 Å². The molecule has 48 heavy (non-hydrogen) atoms. The van der Waals surface area contributed by atoms with E-state index in [9.17, 15) is 0 Å². The molecule has 2 nitrogen and oxygen atoms in total. The summed E-state index contributed by atoms with van der Waals surface area (Å²) in [6.45, 7) is 4.72. The second-order valence-electron chi connectivity index (χ2n) is 13.0. The van der Waals surface area contributed by atoms with Gasteiger partial charge in [0.25, 0.3) is 0 Å². The number of rotatable bonds is 6. The van der Waals surface area contributed by atoms with Gasteiger partial charge in [0.05, 0.1) is 18.5 Å². The number of ether oxygens (including phenoxy) is 1. The molecule has 0 aliphatic carbocycles. The van der Waals surface area contributed by atoms with E-state index in [-0.39, 0.29) is 5.41 Å². The molecule has 0 saturated heterocycles. The van der Waals surface area contributed by atoms with Crippen LogP contribution in [0.5, 0.6) is 5.75 Å². The van der Waals surface area contributed by atoms with Crippen LogP contribution < -0.4 is 9.64 Å². The Balaban J connectivity index is 1.23. The minimum Gasteiger partial charge on any atom is -0.497 e. The van der Waals surface area contributed by atoms with Gasteiger partial charge in [-0.05, 0) is 104 Å². The lowest BCUT2D eigenvalue weighted by atomic mass is 9.72. The second-order valence-corrected chi connectivity index (χ2v) is 13.0. The van der Waals surface area contributed by atoms with Crippen LogP contribution in [0.15, 0.2) is 170 Å². The van der Waals surface area contributed by atoms with Gasteiger partial charge in [-0.25, -0.2) is 0 Å². The number of benzene rings is 7. The molecule has 7 aromatic carbocycles. The zero-order valence-electron chi connectivity index (χ0n) is 27.5. The van der Waals surface area contributed by atoms with Gasteiger partial charge in [-0.1, -0.05) is 135 Å². The summed E-state index contributed by atoms with van der Waals surface area (Å²) in [5.41, 5.74) is 15.6. The Hall–Kier alpha value is -5.86. The molecule has 1 aliphatic rings. The topological polar surface area (TPSA) is 12.5 Å². The molecule has 0 amide bonds. The SMILES string of the molecule is COc1ccc(N2c3ccc(-c4ccc(-c5ccccc5)cc4)cc3C(C)(C)c3cc(-c4ccc(-c5ccccc5)cc4)ccc32)cc1. The molecule has 7 aromatic rings. The molecule has 0 fully saturated rings. The summed E-state index contributed by atoms with van der Waals surface area (Å²) in [5.74, 6) is 0.847. The Morgan fingerprint density at radius 2 is 0.750 bits per heavy atom. The first-order valence-electron chi connectivity index (χ1n) is 16.5. The monoisotopic (exact) mass is 619 g/mol. The van der Waals surface area contributed by atoms with E-state index in [2.05, 4.69) is 176 Å². The zero-order chi connectivity index (χ0) is 32.7. The van der Waals surface area contributed by atoms with Gasteiger partial charge in [0, 0.05) is 11.1 Å². The molecule has 0 spiro atoms. The van der Waals surface area contributed by atoms with E-state index in [1.165, 1.54) is 67.0 Å². The largest absolute Gasteiger partial charge is 0.497 e. The van der Waals surface area contributed by atoms with E-state index in [0.717, 1.165) is 11.4 Å². The van der Waals surface area contributed by atoms with Gasteiger partial charge >= 0.3 is 0 Å².